The number of methoxy groups -OCH3 is 1. The van der Waals surface area contributed by atoms with Crippen LogP contribution in [0.5, 0.6) is 17.2 Å². The first-order valence-corrected chi connectivity index (χ1v) is 10.4. The summed E-state index contributed by atoms with van der Waals surface area (Å²) in [6.45, 7) is 4.16. The Bertz CT molecular complexity index is 1250. The Kier molecular flexibility index (Phi) is 6.26. The van der Waals surface area contributed by atoms with E-state index in [1.807, 2.05) is 61.5 Å². The van der Waals surface area contributed by atoms with Crippen LogP contribution in [0.15, 0.2) is 77.4 Å². The molecule has 0 bridgehead atoms. The molecule has 0 aliphatic carbocycles. The van der Waals surface area contributed by atoms with E-state index in [1.54, 1.807) is 26.4 Å². The predicted molar refractivity (Wildman–Crippen MR) is 125 cm³/mol. The molecule has 1 aromatic heterocycles. The third-order valence-corrected chi connectivity index (χ3v) is 5.06. The van der Waals surface area contributed by atoms with Crippen molar-refractivity contribution >= 4 is 22.8 Å². The third kappa shape index (κ3) is 4.52. The Balaban J connectivity index is 1.73. The first-order chi connectivity index (χ1) is 15.6. The molecule has 0 aliphatic heterocycles. The number of fused-ring (bicyclic) bond motifs is 1. The molecule has 0 radical (unpaired) electrons. The normalized spacial score (nSPS) is 11.1. The maximum Gasteiger partial charge on any atom is 0.330 e. The Morgan fingerprint density at radius 1 is 1.03 bits per heavy atom. The van der Waals surface area contributed by atoms with Crippen LogP contribution in [0.4, 0.5) is 0 Å². The molecular weight excluding hydrogens is 404 g/mol. The molecule has 0 fully saturated rings. The molecule has 162 valence electrons. The van der Waals surface area contributed by atoms with Crippen molar-refractivity contribution in [2.24, 2.45) is 0 Å². The zero-order valence-electron chi connectivity index (χ0n) is 18.3. The van der Waals surface area contributed by atoms with E-state index in [0.717, 1.165) is 39.0 Å². The lowest BCUT2D eigenvalue weighted by atomic mass is 9.98. The van der Waals surface area contributed by atoms with Gasteiger partial charge in [0.1, 0.15) is 23.0 Å². The number of benzene rings is 3. The number of ether oxygens (including phenoxy) is 3. The summed E-state index contributed by atoms with van der Waals surface area (Å²) in [4.78, 5) is 11.5. The van der Waals surface area contributed by atoms with Gasteiger partial charge in [-0.2, -0.15) is 0 Å². The van der Waals surface area contributed by atoms with Crippen molar-refractivity contribution in [2.75, 3.05) is 13.7 Å². The van der Waals surface area contributed by atoms with Gasteiger partial charge in [0.05, 0.1) is 25.5 Å². The summed E-state index contributed by atoms with van der Waals surface area (Å²) in [6, 6.07) is 19.3. The summed E-state index contributed by atoms with van der Waals surface area (Å²) >= 11 is 0. The number of hydrogen-bond donors (Lipinski definition) is 0. The summed E-state index contributed by atoms with van der Waals surface area (Å²) < 4.78 is 22.4. The van der Waals surface area contributed by atoms with Crippen molar-refractivity contribution in [2.45, 2.75) is 13.8 Å². The maximum atomic E-state index is 11.5. The minimum absolute atomic E-state index is 0.351. The van der Waals surface area contributed by atoms with Gasteiger partial charge in [-0.25, -0.2) is 4.79 Å². The van der Waals surface area contributed by atoms with Crippen LogP contribution in [0.1, 0.15) is 18.1 Å². The standard InChI is InChI=1S/C27H24O5/c1-4-30-25(28)14-9-19-7-10-21(11-8-19)32-27-23-13-12-22(29-3)17-20(23)16-18(2)26(27)24-6-5-15-31-24/h5-17H,4H2,1-3H3/b14-9+. The molecule has 0 atom stereocenters. The summed E-state index contributed by atoms with van der Waals surface area (Å²) in [5, 5.41) is 1.97. The Morgan fingerprint density at radius 2 is 1.81 bits per heavy atom. The van der Waals surface area contributed by atoms with E-state index in [-0.39, 0.29) is 5.97 Å². The first kappa shape index (κ1) is 21.2. The highest BCUT2D eigenvalue weighted by molar-refractivity contribution is 5.97. The molecule has 0 unspecified atom stereocenters. The highest BCUT2D eigenvalue weighted by Crippen LogP contribution is 2.43. The van der Waals surface area contributed by atoms with Gasteiger partial charge in [0.15, 0.2) is 0 Å². The van der Waals surface area contributed by atoms with Gasteiger partial charge in [-0.05, 0) is 78.9 Å². The van der Waals surface area contributed by atoms with Gasteiger partial charge in [0.25, 0.3) is 0 Å². The van der Waals surface area contributed by atoms with Crippen molar-refractivity contribution in [3.63, 3.8) is 0 Å². The van der Waals surface area contributed by atoms with E-state index in [9.17, 15) is 4.79 Å². The summed E-state index contributed by atoms with van der Waals surface area (Å²) in [6.07, 6.45) is 4.78. The van der Waals surface area contributed by atoms with E-state index in [4.69, 9.17) is 18.6 Å². The molecule has 5 nitrogen and oxygen atoms in total. The molecule has 0 saturated heterocycles. The minimum Gasteiger partial charge on any atom is -0.497 e. The predicted octanol–water partition coefficient (Wildman–Crippen LogP) is 6.79. The smallest absolute Gasteiger partial charge is 0.330 e. The van der Waals surface area contributed by atoms with Crippen molar-refractivity contribution < 1.29 is 23.4 Å². The second-order valence-corrected chi connectivity index (χ2v) is 7.22. The van der Waals surface area contributed by atoms with Gasteiger partial charge >= 0.3 is 5.97 Å². The second kappa shape index (κ2) is 9.43. The van der Waals surface area contributed by atoms with Crippen molar-refractivity contribution in [3.8, 4) is 28.6 Å². The second-order valence-electron chi connectivity index (χ2n) is 7.22. The number of carbonyl (C=O) groups excluding carboxylic acids is 1. The number of esters is 1. The Morgan fingerprint density at radius 3 is 2.50 bits per heavy atom. The van der Waals surface area contributed by atoms with Gasteiger partial charge in [-0.1, -0.05) is 18.2 Å². The zero-order chi connectivity index (χ0) is 22.5. The van der Waals surface area contributed by atoms with Gasteiger partial charge in [0.2, 0.25) is 0 Å². The van der Waals surface area contributed by atoms with Crippen LogP contribution in [0.3, 0.4) is 0 Å². The van der Waals surface area contributed by atoms with Crippen LogP contribution in [-0.4, -0.2) is 19.7 Å². The topological polar surface area (TPSA) is 57.9 Å². The largest absolute Gasteiger partial charge is 0.497 e. The highest BCUT2D eigenvalue weighted by Gasteiger charge is 2.18. The lowest BCUT2D eigenvalue weighted by Gasteiger charge is -2.16. The number of carbonyl (C=O) groups is 1. The summed E-state index contributed by atoms with van der Waals surface area (Å²) in [5.74, 6) is 2.55. The SMILES string of the molecule is CCOC(=O)/C=C/c1ccc(Oc2c(-c3ccco3)c(C)cc3cc(OC)ccc23)cc1. The van der Waals surface area contributed by atoms with Gasteiger partial charge in [0, 0.05) is 11.5 Å². The quantitative estimate of drug-likeness (QED) is 0.240. The Hall–Kier alpha value is -3.99. The third-order valence-electron chi connectivity index (χ3n) is 5.06. The lowest BCUT2D eigenvalue weighted by Crippen LogP contribution is -1.98. The fourth-order valence-corrected chi connectivity index (χ4v) is 3.57. The van der Waals surface area contributed by atoms with Crippen LogP contribution < -0.4 is 9.47 Å². The van der Waals surface area contributed by atoms with E-state index >= 15 is 0 Å². The first-order valence-electron chi connectivity index (χ1n) is 10.4. The minimum atomic E-state index is -0.363. The summed E-state index contributed by atoms with van der Waals surface area (Å²) in [5.41, 5.74) is 2.80. The van der Waals surface area contributed by atoms with Gasteiger partial charge in [-0.15, -0.1) is 0 Å². The van der Waals surface area contributed by atoms with Crippen LogP contribution in [0.2, 0.25) is 0 Å². The monoisotopic (exact) mass is 428 g/mol. The molecule has 1 heterocycles. The Labute approximate surface area is 186 Å². The highest BCUT2D eigenvalue weighted by atomic mass is 16.5. The van der Waals surface area contributed by atoms with E-state index in [0.29, 0.717) is 18.1 Å². The molecule has 3 aromatic carbocycles. The molecule has 5 heteroatoms. The zero-order valence-corrected chi connectivity index (χ0v) is 18.3. The lowest BCUT2D eigenvalue weighted by molar-refractivity contribution is -0.137. The molecule has 0 saturated carbocycles. The molecule has 4 aromatic rings. The van der Waals surface area contributed by atoms with Gasteiger partial charge < -0.3 is 18.6 Å². The van der Waals surface area contributed by atoms with E-state index in [1.165, 1.54) is 6.08 Å². The molecule has 32 heavy (non-hydrogen) atoms. The average Bonchev–Trinajstić information content (AvgIpc) is 3.32. The number of hydrogen-bond acceptors (Lipinski definition) is 5. The van der Waals surface area contributed by atoms with Crippen molar-refractivity contribution in [1.29, 1.82) is 0 Å². The number of aryl methyl sites for hydroxylation is 1. The van der Waals surface area contributed by atoms with E-state index in [2.05, 4.69) is 6.07 Å². The van der Waals surface area contributed by atoms with Crippen LogP contribution in [-0.2, 0) is 9.53 Å². The fraction of sp³-hybridized carbons (Fsp3) is 0.148. The van der Waals surface area contributed by atoms with Crippen molar-refractivity contribution in [1.82, 2.24) is 0 Å². The van der Waals surface area contributed by atoms with Gasteiger partial charge in [-0.3, -0.25) is 0 Å². The molecule has 4 rings (SSSR count). The molecular formula is C27H24O5. The molecule has 0 amide bonds. The fourth-order valence-electron chi connectivity index (χ4n) is 3.57. The van der Waals surface area contributed by atoms with Crippen molar-refractivity contribution in [3.05, 3.63) is 84.1 Å². The average molecular weight is 428 g/mol. The summed E-state index contributed by atoms with van der Waals surface area (Å²) in [7, 11) is 1.65. The molecule has 0 spiro atoms. The molecule has 0 N–H and O–H groups in total. The van der Waals surface area contributed by atoms with Crippen LogP contribution in [0, 0.1) is 6.92 Å². The molecule has 0 aliphatic rings. The van der Waals surface area contributed by atoms with Crippen LogP contribution >= 0.6 is 0 Å². The van der Waals surface area contributed by atoms with Crippen LogP contribution in [0.25, 0.3) is 28.2 Å². The number of rotatable bonds is 7. The number of furan rings is 1. The van der Waals surface area contributed by atoms with E-state index < -0.39 is 0 Å². The maximum absolute atomic E-state index is 11.5.